The summed E-state index contributed by atoms with van der Waals surface area (Å²) >= 11 is 18.1. The van der Waals surface area contributed by atoms with E-state index in [2.05, 4.69) is 37.2 Å². The van der Waals surface area contributed by atoms with Gasteiger partial charge in [0, 0.05) is 20.2 Å². The molecule has 0 saturated carbocycles. The van der Waals surface area contributed by atoms with E-state index in [1.165, 1.54) is 0 Å². The SMILES string of the molecule is NC(=S)c1c(Br)cccc1Nc1ccc(Br)cc1Cl. The van der Waals surface area contributed by atoms with Crippen LogP contribution in [0.4, 0.5) is 11.4 Å². The number of nitrogens with one attached hydrogen (secondary N) is 1. The Morgan fingerprint density at radius 1 is 1.16 bits per heavy atom. The molecule has 0 aliphatic carbocycles. The van der Waals surface area contributed by atoms with Gasteiger partial charge in [0.25, 0.3) is 0 Å². The Hall–Kier alpha value is -0.620. The highest BCUT2D eigenvalue weighted by atomic mass is 79.9. The molecule has 0 atom stereocenters. The van der Waals surface area contributed by atoms with Gasteiger partial charge in [0.1, 0.15) is 4.99 Å². The lowest BCUT2D eigenvalue weighted by Crippen LogP contribution is -2.12. The summed E-state index contributed by atoms with van der Waals surface area (Å²) < 4.78 is 1.77. The van der Waals surface area contributed by atoms with E-state index < -0.39 is 0 Å². The van der Waals surface area contributed by atoms with Gasteiger partial charge in [0.05, 0.1) is 10.7 Å². The number of nitrogens with two attached hydrogens (primary N) is 1. The van der Waals surface area contributed by atoms with Crippen molar-refractivity contribution in [1.29, 1.82) is 0 Å². The average molecular weight is 421 g/mol. The van der Waals surface area contributed by atoms with Crippen molar-refractivity contribution in [2.75, 3.05) is 5.32 Å². The number of anilines is 2. The van der Waals surface area contributed by atoms with Crippen molar-refractivity contribution in [2.24, 2.45) is 5.73 Å². The lowest BCUT2D eigenvalue weighted by molar-refractivity contribution is 1.49. The maximum atomic E-state index is 6.18. The van der Waals surface area contributed by atoms with E-state index in [1.807, 2.05) is 36.4 Å². The summed E-state index contributed by atoms with van der Waals surface area (Å²) in [5.41, 5.74) is 8.12. The molecule has 98 valence electrons. The molecule has 0 aliphatic rings. The van der Waals surface area contributed by atoms with Gasteiger partial charge in [0.15, 0.2) is 0 Å². The molecule has 2 aromatic carbocycles. The minimum atomic E-state index is 0.322. The third kappa shape index (κ3) is 3.48. The van der Waals surface area contributed by atoms with Crippen molar-refractivity contribution >= 4 is 72.0 Å². The summed E-state index contributed by atoms with van der Waals surface area (Å²) in [6, 6.07) is 11.3. The van der Waals surface area contributed by atoms with E-state index in [4.69, 9.17) is 29.6 Å². The molecule has 3 N–H and O–H groups in total. The fourth-order valence-electron chi connectivity index (χ4n) is 1.61. The predicted octanol–water partition coefficient (Wildman–Crippen LogP) is 5.24. The van der Waals surface area contributed by atoms with Crippen LogP contribution >= 0.6 is 55.7 Å². The molecule has 0 spiro atoms. The Kier molecular flexibility index (Phi) is 4.84. The first-order valence-corrected chi connectivity index (χ1v) is 7.66. The van der Waals surface area contributed by atoms with Crippen molar-refractivity contribution < 1.29 is 0 Å². The molecular formula is C13H9Br2ClN2S. The quantitative estimate of drug-likeness (QED) is 0.667. The number of hydrogen-bond donors (Lipinski definition) is 2. The molecular weight excluding hydrogens is 411 g/mol. The van der Waals surface area contributed by atoms with E-state index in [0.29, 0.717) is 10.0 Å². The van der Waals surface area contributed by atoms with Crippen molar-refractivity contribution in [2.45, 2.75) is 0 Å². The fourth-order valence-corrected chi connectivity index (χ4v) is 3.27. The first-order chi connectivity index (χ1) is 8.99. The highest BCUT2D eigenvalue weighted by molar-refractivity contribution is 9.10. The third-order valence-electron chi connectivity index (χ3n) is 2.46. The average Bonchev–Trinajstić information content (AvgIpc) is 2.32. The molecule has 2 rings (SSSR count). The van der Waals surface area contributed by atoms with Crippen LogP contribution < -0.4 is 11.1 Å². The van der Waals surface area contributed by atoms with Gasteiger partial charge in [-0.25, -0.2) is 0 Å². The van der Waals surface area contributed by atoms with Crippen LogP contribution in [0, 0.1) is 0 Å². The molecule has 19 heavy (non-hydrogen) atoms. The van der Waals surface area contributed by atoms with Gasteiger partial charge in [-0.1, -0.05) is 45.8 Å². The van der Waals surface area contributed by atoms with Gasteiger partial charge in [-0.15, -0.1) is 0 Å². The van der Waals surface area contributed by atoms with Gasteiger partial charge in [0.2, 0.25) is 0 Å². The lowest BCUT2D eigenvalue weighted by atomic mass is 10.1. The minimum Gasteiger partial charge on any atom is -0.389 e. The number of halogens is 3. The van der Waals surface area contributed by atoms with Crippen molar-refractivity contribution in [3.05, 3.63) is 55.9 Å². The van der Waals surface area contributed by atoms with E-state index >= 15 is 0 Å². The smallest absolute Gasteiger partial charge is 0.107 e. The normalized spacial score (nSPS) is 10.3. The Bertz CT molecular complexity index is 647. The second kappa shape index (κ2) is 6.22. The second-order valence-electron chi connectivity index (χ2n) is 3.78. The highest BCUT2D eigenvalue weighted by Crippen LogP contribution is 2.32. The second-order valence-corrected chi connectivity index (χ2v) is 6.39. The van der Waals surface area contributed by atoms with Crippen LogP contribution in [0.5, 0.6) is 0 Å². The lowest BCUT2D eigenvalue weighted by Gasteiger charge is -2.14. The Balaban J connectivity index is 2.44. The van der Waals surface area contributed by atoms with E-state index in [9.17, 15) is 0 Å². The zero-order valence-electron chi connectivity index (χ0n) is 9.58. The monoisotopic (exact) mass is 418 g/mol. The van der Waals surface area contributed by atoms with Crippen LogP contribution in [0.25, 0.3) is 0 Å². The topological polar surface area (TPSA) is 38.0 Å². The number of benzene rings is 2. The first kappa shape index (κ1) is 14.8. The van der Waals surface area contributed by atoms with Gasteiger partial charge < -0.3 is 11.1 Å². The fraction of sp³-hybridized carbons (Fsp3) is 0. The van der Waals surface area contributed by atoms with Crippen LogP contribution in [0.1, 0.15) is 5.56 Å². The molecule has 2 aromatic rings. The van der Waals surface area contributed by atoms with Gasteiger partial charge in [-0.3, -0.25) is 0 Å². The van der Waals surface area contributed by atoms with Crippen LogP contribution in [0.2, 0.25) is 5.02 Å². The van der Waals surface area contributed by atoms with Gasteiger partial charge in [-0.05, 0) is 46.3 Å². The summed E-state index contributed by atoms with van der Waals surface area (Å²) in [5.74, 6) is 0. The van der Waals surface area contributed by atoms with Crippen LogP contribution in [-0.4, -0.2) is 4.99 Å². The maximum Gasteiger partial charge on any atom is 0.107 e. The summed E-state index contributed by atoms with van der Waals surface area (Å²) in [6.45, 7) is 0. The number of thiocarbonyl (C=S) groups is 1. The maximum absolute atomic E-state index is 6.18. The van der Waals surface area contributed by atoms with E-state index in [0.717, 1.165) is 25.9 Å². The van der Waals surface area contributed by atoms with E-state index in [1.54, 1.807) is 0 Å². The molecule has 2 nitrogen and oxygen atoms in total. The molecule has 0 heterocycles. The van der Waals surface area contributed by atoms with Crippen LogP contribution in [0.3, 0.4) is 0 Å². The third-order valence-corrected chi connectivity index (χ3v) is 4.13. The van der Waals surface area contributed by atoms with Crippen LogP contribution in [-0.2, 0) is 0 Å². The summed E-state index contributed by atoms with van der Waals surface area (Å²) in [5, 5.41) is 3.85. The molecule has 0 amide bonds. The molecule has 0 bridgehead atoms. The largest absolute Gasteiger partial charge is 0.389 e. The van der Waals surface area contributed by atoms with Crippen molar-refractivity contribution in [3.63, 3.8) is 0 Å². The van der Waals surface area contributed by atoms with Gasteiger partial charge >= 0.3 is 0 Å². The molecule has 0 aliphatic heterocycles. The predicted molar refractivity (Wildman–Crippen MR) is 92.5 cm³/mol. The molecule has 0 fully saturated rings. The molecule has 0 saturated heterocycles. The molecule has 0 radical (unpaired) electrons. The summed E-state index contributed by atoms with van der Waals surface area (Å²) in [6.07, 6.45) is 0. The first-order valence-electron chi connectivity index (χ1n) is 5.29. The molecule has 0 aromatic heterocycles. The summed E-state index contributed by atoms with van der Waals surface area (Å²) in [4.78, 5) is 0.322. The van der Waals surface area contributed by atoms with Crippen LogP contribution in [0.15, 0.2) is 45.3 Å². The Morgan fingerprint density at radius 3 is 2.53 bits per heavy atom. The number of hydrogen-bond acceptors (Lipinski definition) is 2. The van der Waals surface area contributed by atoms with Crippen molar-refractivity contribution in [1.82, 2.24) is 0 Å². The summed E-state index contributed by atoms with van der Waals surface area (Å²) in [7, 11) is 0. The van der Waals surface area contributed by atoms with E-state index in [-0.39, 0.29) is 0 Å². The number of rotatable bonds is 3. The zero-order valence-corrected chi connectivity index (χ0v) is 14.3. The van der Waals surface area contributed by atoms with Crippen molar-refractivity contribution in [3.8, 4) is 0 Å². The Morgan fingerprint density at radius 2 is 1.89 bits per heavy atom. The Labute approximate surface area is 138 Å². The molecule has 0 unspecified atom stereocenters. The van der Waals surface area contributed by atoms with Gasteiger partial charge in [-0.2, -0.15) is 0 Å². The highest BCUT2D eigenvalue weighted by Gasteiger charge is 2.10. The zero-order chi connectivity index (χ0) is 14.0. The minimum absolute atomic E-state index is 0.322. The standard InChI is InChI=1S/C13H9Br2ClN2S/c14-7-4-5-10(9(16)6-7)18-11-3-1-2-8(15)12(11)13(17)19/h1-6,18H,(H2,17,19). The molecule has 6 heteroatoms.